The molecule has 0 bridgehead atoms. The van der Waals surface area contributed by atoms with E-state index < -0.39 is 55.2 Å². The van der Waals surface area contributed by atoms with Crippen LogP contribution in [0.25, 0.3) is 0 Å². The summed E-state index contributed by atoms with van der Waals surface area (Å²) in [6.07, 6.45) is 0. The number of aromatic hydroxyl groups is 1. The van der Waals surface area contributed by atoms with Crippen LogP contribution in [-0.2, 0) is 0 Å². The lowest BCUT2D eigenvalue weighted by Crippen LogP contribution is -2.23. The summed E-state index contributed by atoms with van der Waals surface area (Å²) in [5.41, 5.74) is -3.25. The highest BCUT2D eigenvalue weighted by Crippen LogP contribution is 2.40. The number of benzene rings is 2. The second-order valence-electron chi connectivity index (χ2n) is 4.73. The van der Waals surface area contributed by atoms with E-state index in [1.54, 1.807) is 0 Å². The van der Waals surface area contributed by atoms with Gasteiger partial charge in [0.15, 0.2) is 5.78 Å². The van der Waals surface area contributed by atoms with E-state index in [-0.39, 0.29) is 5.56 Å². The molecule has 23 heavy (non-hydrogen) atoms. The summed E-state index contributed by atoms with van der Waals surface area (Å²) < 4.78 is 0. The minimum atomic E-state index is -1.04. The molecule has 0 saturated carbocycles. The smallest absolute Gasteiger partial charge is 0.281 e. The molecule has 1 N–H and O–H groups in total. The highest BCUT2D eigenvalue weighted by atomic mass is 16.6. The van der Waals surface area contributed by atoms with Crippen LogP contribution in [0.3, 0.4) is 0 Å². The standard InChI is InChI=1S/C14H6N2O7/c17-9-5-4-8(16(22)23)11-12(9)13(18)6-2-1-3-7(15(20)21)10(6)14(11)19/h1-5,17H. The topological polar surface area (TPSA) is 141 Å². The molecule has 9 nitrogen and oxygen atoms in total. The number of ketones is 2. The SMILES string of the molecule is O=C1c2cccc([N+](=O)[O-])c2C(=O)c2c([N+](=O)[O-])ccc(O)c21. The minimum absolute atomic E-state index is 0.271. The van der Waals surface area contributed by atoms with Crippen LogP contribution in [0.2, 0.25) is 0 Å². The summed E-state index contributed by atoms with van der Waals surface area (Å²) in [6, 6.07) is 5.26. The quantitative estimate of drug-likeness (QED) is 0.563. The zero-order valence-corrected chi connectivity index (χ0v) is 11.2. The van der Waals surface area contributed by atoms with Gasteiger partial charge in [-0.2, -0.15) is 0 Å². The fraction of sp³-hybridized carbons (Fsp3) is 0. The molecule has 2 aromatic carbocycles. The van der Waals surface area contributed by atoms with E-state index >= 15 is 0 Å². The van der Waals surface area contributed by atoms with Crippen molar-refractivity contribution >= 4 is 22.9 Å². The summed E-state index contributed by atoms with van der Waals surface area (Å²) in [5, 5.41) is 32.0. The maximum Gasteiger partial charge on any atom is 0.281 e. The summed E-state index contributed by atoms with van der Waals surface area (Å²) >= 11 is 0. The van der Waals surface area contributed by atoms with Crippen molar-refractivity contribution in [3.8, 4) is 5.75 Å². The second kappa shape index (κ2) is 4.70. The van der Waals surface area contributed by atoms with Crippen molar-refractivity contribution in [2.75, 3.05) is 0 Å². The summed E-state index contributed by atoms with van der Waals surface area (Å²) in [7, 11) is 0. The number of carbonyl (C=O) groups is 2. The number of nitro benzene ring substituents is 2. The van der Waals surface area contributed by atoms with Gasteiger partial charge in [0.25, 0.3) is 11.4 Å². The zero-order chi connectivity index (χ0) is 16.9. The normalized spacial score (nSPS) is 12.5. The van der Waals surface area contributed by atoms with Crippen LogP contribution in [0.5, 0.6) is 5.75 Å². The van der Waals surface area contributed by atoms with Crippen LogP contribution < -0.4 is 0 Å². The van der Waals surface area contributed by atoms with E-state index in [9.17, 15) is 34.9 Å². The van der Waals surface area contributed by atoms with Gasteiger partial charge in [-0.3, -0.25) is 29.8 Å². The molecule has 114 valence electrons. The van der Waals surface area contributed by atoms with Crippen molar-refractivity contribution in [2.45, 2.75) is 0 Å². The van der Waals surface area contributed by atoms with Crippen LogP contribution in [0.15, 0.2) is 30.3 Å². The third-order valence-corrected chi connectivity index (χ3v) is 3.52. The van der Waals surface area contributed by atoms with E-state index in [0.717, 1.165) is 18.2 Å². The van der Waals surface area contributed by atoms with E-state index in [4.69, 9.17) is 0 Å². The van der Waals surface area contributed by atoms with Gasteiger partial charge < -0.3 is 5.11 Å². The predicted octanol–water partition coefficient (Wildman–Crippen LogP) is 1.98. The molecule has 0 heterocycles. The molecule has 0 fully saturated rings. The fourth-order valence-corrected chi connectivity index (χ4v) is 2.57. The highest BCUT2D eigenvalue weighted by molar-refractivity contribution is 6.31. The monoisotopic (exact) mass is 314 g/mol. The largest absolute Gasteiger partial charge is 0.507 e. The summed E-state index contributed by atoms with van der Waals surface area (Å²) in [4.78, 5) is 45.5. The lowest BCUT2D eigenvalue weighted by molar-refractivity contribution is -0.385. The van der Waals surface area contributed by atoms with Crippen molar-refractivity contribution in [3.63, 3.8) is 0 Å². The molecular weight excluding hydrogens is 308 g/mol. The molecule has 9 heteroatoms. The molecular formula is C14H6N2O7. The third kappa shape index (κ3) is 1.87. The molecule has 0 saturated heterocycles. The Labute approximate surface area is 127 Å². The highest BCUT2D eigenvalue weighted by Gasteiger charge is 2.41. The molecule has 0 amide bonds. The first-order valence-electron chi connectivity index (χ1n) is 6.21. The van der Waals surface area contributed by atoms with Gasteiger partial charge in [-0.1, -0.05) is 6.07 Å². The van der Waals surface area contributed by atoms with Crippen molar-refractivity contribution in [1.29, 1.82) is 0 Å². The average molecular weight is 314 g/mol. The number of phenols is 1. The number of nitrogens with zero attached hydrogens (tertiary/aromatic N) is 2. The fourth-order valence-electron chi connectivity index (χ4n) is 2.57. The Kier molecular flexibility index (Phi) is 2.93. The van der Waals surface area contributed by atoms with Gasteiger partial charge in [0, 0.05) is 17.7 Å². The van der Waals surface area contributed by atoms with Gasteiger partial charge in [0.1, 0.15) is 16.9 Å². The summed E-state index contributed by atoms with van der Waals surface area (Å²) in [6.45, 7) is 0. The average Bonchev–Trinajstić information content (AvgIpc) is 2.51. The number of carbonyl (C=O) groups excluding carboxylic acids is 2. The number of rotatable bonds is 2. The second-order valence-corrected chi connectivity index (χ2v) is 4.73. The first-order valence-corrected chi connectivity index (χ1v) is 6.21. The maximum absolute atomic E-state index is 12.6. The number of hydrogen-bond donors (Lipinski definition) is 1. The molecule has 1 aliphatic carbocycles. The van der Waals surface area contributed by atoms with Gasteiger partial charge in [0.2, 0.25) is 5.78 Å². The molecule has 0 atom stereocenters. The first-order chi connectivity index (χ1) is 10.8. The van der Waals surface area contributed by atoms with Crippen LogP contribution in [-0.4, -0.2) is 26.5 Å². The zero-order valence-electron chi connectivity index (χ0n) is 11.2. The number of fused-ring (bicyclic) bond motifs is 2. The van der Waals surface area contributed by atoms with Gasteiger partial charge >= 0.3 is 0 Å². The molecule has 0 aromatic heterocycles. The Morgan fingerprint density at radius 2 is 1.39 bits per heavy atom. The molecule has 0 aliphatic heterocycles. The van der Waals surface area contributed by atoms with E-state index in [2.05, 4.69) is 0 Å². The van der Waals surface area contributed by atoms with Gasteiger partial charge in [-0.25, -0.2) is 0 Å². The molecule has 1 aliphatic rings. The van der Waals surface area contributed by atoms with Crippen LogP contribution in [0.1, 0.15) is 31.8 Å². The van der Waals surface area contributed by atoms with E-state index in [1.165, 1.54) is 12.1 Å². The predicted molar refractivity (Wildman–Crippen MR) is 74.7 cm³/mol. The van der Waals surface area contributed by atoms with Gasteiger partial charge in [0.05, 0.1) is 15.4 Å². The minimum Gasteiger partial charge on any atom is -0.507 e. The Hall–Kier alpha value is -3.62. The maximum atomic E-state index is 12.6. The van der Waals surface area contributed by atoms with E-state index in [0.29, 0.717) is 0 Å². The van der Waals surface area contributed by atoms with Gasteiger partial charge in [-0.15, -0.1) is 0 Å². The van der Waals surface area contributed by atoms with Crippen LogP contribution >= 0.6 is 0 Å². The van der Waals surface area contributed by atoms with Crippen molar-refractivity contribution < 1.29 is 24.5 Å². The number of hydrogen-bond acceptors (Lipinski definition) is 7. The molecule has 0 unspecified atom stereocenters. The molecule has 3 rings (SSSR count). The van der Waals surface area contributed by atoms with Crippen LogP contribution in [0.4, 0.5) is 11.4 Å². The van der Waals surface area contributed by atoms with Crippen molar-refractivity contribution in [3.05, 3.63) is 72.8 Å². The summed E-state index contributed by atoms with van der Waals surface area (Å²) in [5.74, 6) is -2.51. The van der Waals surface area contributed by atoms with Crippen LogP contribution in [0, 0.1) is 20.2 Å². The number of nitro groups is 2. The first kappa shape index (κ1) is 14.3. The molecule has 0 radical (unpaired) electrons. The third-order valence-electron chi connectivity index (χ3n) is 3.52. The number of phenolic OH excluding ortho intramolecular Hbond substituents is 1. The Balaban J connectivity index is 2.44. The lowest BCUT2D eigenvalue weighted by atomic mass is 9.82. The lowest BCUT2D eigenvalue weighted by Gasteiger charge is -2.17. The van der Waals surface area contributed by atoms with Crippen molar-refractivity contribution in [2.24, 2.45) is 0 Å². The van der Waals surface area contributed by atoms with Crippen molar-refractivity contribution in [1.82, 2.24) is 0 Å². The molecule has 0 spiro atoms. The Bertz CT molecular complexity index is 933. The van der Waals surface area contributed by atoms with Gasteiger partial charge in [-0.05, 0) is 12.1 Å². The van der Waals surface area contributed by atoms with E-state index in [1.807, 2.05) is 0 Å². The Morgan fingerprint density at radius 3 is 2.00 bits per heavy atom. The Morgan fingerprint density at radius 1 is 0.783 bits per heavy atom. The molecule has 2 aromatic rings.